The number of nitrogens with zero attached hydrogens (tertiary/aromatic N) is 2. The Morgan fingerprint density at radius 1 is 1.09 bits per heavy atom. The number of aromatic nitrogens is 2. The Morgan fingerprint density at radius 2 is 1.65 bits per heavy atom. The van der Waals surface area contributed by atoms with Gasteiger partial charge in [-0.25, -0.2) is 9.97 Å². The van der Waals surface area contributed by atoms with Crippen LogP contribution in [0.25, 0.3) is 0 Å². The van der Waals surface area contributed by atoms with Gasteiger partial charge in [0.15, 0.2) is 5.16 Å². The Bertz CT molecular complexity index is 688. The normalized spacial score (nSPS) is 11.5. The zero-order valence-electron chi connectivity index (χ0n) is 11.4. The number of ketones is 1. The van der Waals surface area contributed by atoms with Gasteiger partial charge in [0, 0.05) is 17.4 Å². The molecule has 0 N–H and O–H groups in total. The molecule has 0 aliphatic rings. The minimum atomic E-state index is -4.48. The van der Waals surface area contributed by atoms with Gasteiger partial charge in [-0.15, -0.1) is 0 Å². The van der Waals surface area contributed by atoms with E-state index >= 15 is 0 Å². The van der Waals surface area contributed by atoms with Crippen LogP contribution in [-0.4, -0.2) is 21.9 Å². The monoisotopic (exact) mass is 380 g/mol. The molecule has 3 nitrogen and oxygen atoms in total. The Kier molecular flexibility index (Phi) is 5.89. The Hall–Kier alpha value is -1.31. The van der Waals surface area contributed by atoms with Crippen molar-refractivity contribution in [2.24, 2.45) is 0 Å². The summed E-state index contributed by atoms with van der Waals surface area (Å²) < 4.78 is 36.4. The van der Waals surface area contributed by atoms with E-state index < -0.39 is 18.4 Å². The molecule has 1 aromatic heterocycles. The largest absolute Gasteiger partial charge is 0.395 e. The first-order chi connectivity index (χ1) is 10.7. The van der Waals surface area contributed by atoms with Crippen LogP contribution in [0.5, 0.6) is 0 Å². The van der Waals surface area contributed by atoms with Crippen molar-refractivity contribution in [2.45, 2.75) is 29.1 Å². The number of carbonyl (C=O) groups is 1. The second kappa shape index (κ2) is 7.51. The summed E-state index contributed by atoms with van der Waals surface area (Å²) in [5.41, 5.74) is 0.508. The van der Waals surface area contributed by atoms with Crippen LogP contribution >= 0.6 is 35.0 Å². The minimum absolute atomic E-state index is 0.210. The molecule has 9 heteroatoms. The molecule has 0 unspecified atom stereocenters. The Morgan fingerprint density at radius 3 is 2.17 bits per heavy atom. The highest BCUT2D eigenvalue weighted by atomic mass is 35.5. The van der Waals surface area contributed by atoms with Crippen molar-refractivity contribution >= 4 is 40.7 Å². The lowest BCUT2D eigenvalue weighted by Gasteiger charge is -2.06. The number of carbonyl (C=O) groups excluding carboxylic acids is 1. The third kappa shape index (κ3) is 6.37. The summed E-state index contributed by atoms with van der Waals surface area (Å²) in [6.45, 7) is 0. The first-order valence-electron chi connectivity index (χ1n) is 6.26. The number of halogens is 5. The highest BCUT2D eigenvalue weighted by Gasteiger charge is 2.30. The van der Waals surface area contributed by atoms with Gasteiger partial charge < -0.3 is 0 Å². The molecular weight excluding hydrogens is 372 g/mol. The molecular formula is C14H9Cl2F3N2OS. The second-order valence-corrected chi connectivity index (χ2v) is 6.36. The van der Waals surface area contributed by atoms with E-state index in [1.807, 2.05) is 0 Å². The summed E-state index contributed by atoms with van der Waals surface area (Å²) in [5, 5.41) is 0.770. The van der Waals surface area contributed by atoms with Crippen LogP contribution in [0.3, 0.4) is 0 Å². The topological polar surface area (TPSA) is 42.9 Å². The maximum Gasteiger partial charge on any atom is 0.395 e. The van der Waals surface area contributed by atoms with E-state index in [2.05, 4.69) is 9.97 Å². The number of Topliss-reactive ketones (excluding diaryl/α,β-unsaturated/α-hetero) is 1. The fourth-order valence-electron chi connectivity index (χ4n) is 1.71. The number of rotatable bonds is 5. The minimum Gasteiger partial charge on any atom is -0.299 e. The molecule has 0 saturated carbocycles. The highest BCUT2D eigenvalue weighted by molar-refractivity contribution is 7.99. The van der Waals surface area contributed by atoms with Crippen LogP contribution in [0.15, 0.2) is 40.4 Å². The maximum absolute atomic E-state index is 12.1. The van der Waals surface area contributed by atoms with Crippen molar-refractivity contribution in [2.75, 3.05) is 0 Å². The molecule has 122 valence electrons. The maximum atomic E-state index is 12.1. The molecule has 0 atom stereocenters. The standard InChI is InChI=1S/C14H9Cl2F3N2OS/c15-11-6-12(16)21-13(20-11)23-10-3-1-8(2-4-10)5-9(22)7-14(17,18)19/h1-4,6H,5,7H2. The predicted octanol–water partition coefficient (Wildman–Crippen LogP) is 5.00. The summed E-state index contributed by atoms with van der Waals surface area (Å²) in [4.78, 5) is 20.0. The van der Waals surface area contributed by atoms with Crippen molar-refractivity contribution < 1.29 is 18.0 Å². The van der Waals surface area contributed by atoms with Crippen LogP contribution < -0.4 is 0 Å². The Labute approximate surface area is 144 Å². The first kappa shape index (κ1) is 18.0. The molecule has 0 fully saturated rings. The third-order valence-electron chi connectivity index (χ3n) is 2.57. The lowest BCUT2D eigenvalue weighted by molar-refractivity contribution is -0.151. The number of benzene rings is 1. The Balaban J connectivity index is 2.00. The molecule has 23 heavy (non-hydrogen) atoms. The number of hydrogen-bond acceptors (Lipinski definition) is 4. The summed E-state index contributed by atoms with van der Waals surface area (Å²) in [6, 6.07) is 7.91. The molecule has 0 amide bonds. The first-order valence-corrected chi connectivity index (χ1v) is 7.84. The molecule has 1 aromatic carbocycles. The smallest absolute Gasteiger partial charge is 0.299 e. The van der Waals surface area contributed by atoms with Gasteiger partial charge >= 0.3 is 6.18 Å². The van der Waals surface area contributed by atoms with Crippen molar-refractivity contribution in [1.82, 2.24) is 9.97 Å². The fraction of sp³-hybridized carbons (Fsp3) is 0.214. The summed E-state index contributed by atoms with van der Waals surface area (Å²) in [7, 11) is 0. The summed E-state index contributed by atoms with van der Waals surface area (Å²) >= 11 is 12.7. The fourth-order valence-corrected chi connectivity index (χ4v) is 3.00. The predicted molar refractivity (Wildman–Crippen MR) is 82.0 cm³/mol. The number of hydrogen-bond donors (Lipinski definition) is 0. The van der Waals surface area contributed by atoms with E-state index in [1.54, 1.807) is 24.3 Å². The molecule has 0 saturated heterocycles. The van der Waals surface area contributed by atoms with E-state index in [4.69, 9.17) is 23.2 Å². The SMILES string of the molecule is O=C(Cc1ccc(Sc2nc(Cl)cc(Cl)n2)cc1)CC(F)(F)F. The van der Waals surface area contributed by atoms with Gasteiger partial charge in [-0.2, -0.15) is 13.2 Å². The van der Waals surface area contributed by atoms with Crippen LogP contribution in [0.1, 0.15) is 12.0 Å². The van der Waals surface area contributed by atoms with Gasteiger partial charge in [-0.05, 0) is 29.5 Å². The zero-order chi connectivity index (χ0) is 17.0. The molecule has 2 aromatic rings. The third-order valence-corrected chi connectivity index (χ3v) is 3.83. The van der Waals surface area contributed by atoms with Crippen molar-refractivity contribution in [3.05, 3.63) is 46.2 Å². The van der Waals surface area contributed by atoms with Gasteiger partial charge in [0.1, 0.15) is 22.5 Å². The van der Waals surface area contributed by atoms with Gasteiger partial charge in [-0.3, -0.25) is 4.79 Å². The van der Waals surface area contributed by atoms with Crippen LogP contribution in [-0.2, 0) is 11.2 Å². The van der Waals surface area contributed by atoms with E-state index in [9.17, 15) is 18.0 Å². The van der Waals surface area contributed by atoms with Gasteiger partial charge in [-0.1, -0.05) is 35.3 Å². The lowest BCUT2D eigenvalue weighted by Crippen LogP contribution is -2.16. The molecule has 1 heterocycles. The van der Waals surface area contributed by atoms with Crippen molar-refractivity contribution in [3.63, 3.8) is 0 Å². The molecule has 0 aliphatic heterocycles. The number of alkyl halides is 3. The van der Waals surface area contributed by atoms with Gasteiger partial charge in [0.05, 0.1) is 0 Å². The summed E-state index contributed by atoms with van der Waals surface area (Å²) in [5.74, 6) is -0.872. The van der Waals surface area contributed by atoms with Gasteiger partial charge in [0.25, 0.3) is 0 Å². The van der Waals surface area contributed by atoms with E-state index in [0.29, 0.717) is 10.7 Å². The average molecular weight is 381 g/mol. The van der Waals surface area contributed by atoms with Gasteiger partial charge in [0.2, 0.25) is 0 Å². The van der Waals surface area contributed by atoms with E-state index in [-0.39, 0.29) is 16.7 Å². The highest BCUT2D eigenvalue weighted by Crippen LogP contribution is 2.27. The lowest BCUT2D eigenvalue weighted by atomic mass is 10.1. The van der Waals surface area contributed by atoms with E-state index in [1.165, 1.54) is 17.8 Å². The van der Waals surface area contributed by atoms with Crippen molar-refractivity contribution in [3.8, 4) is 0 Å². The van der Waals surface area contributed by atoms with Crippen molar-refractivity contribution in [1.29, 1.82) is 0 Å². The molecule has 0 bridgehead atoms. The van der Waals surface area contributed by atoms with E-state index in [0.717, 1.165) is 4.90 Å². The average Bonchev–Trinajstić information content (AvgIpc) is 2.37. The molecule has 2 rings (SSSR count). The summed E-state index contributed by atoms with van der Waals surface area (Å²) in [6.07, 6.45) is -6.15. The molecule has 0 spiro atoms. The second-order valence-electron chi connectivity index (χ2n) is 4.55. The van der Waals surface area contributed by atoms with Crippen LogP contribution in [0.2, 0.25) is 10.3 Å². The quantitative estimate of drug-likeness (QED) is 0.540. The molecule has 0 aliphatic carbocycles. The van der Waals surface area contributed by atoms with Crippen LogP contribution in [0.4, 0.5) is 13.2 Å². The van der Waals surface area contributed by atoms with Crippen LogP contribution in [0, 0.1) is 0 Å². The zero-order valence-corrected chi connectivity index (χ0v) is 13.7. The molecule has 0 radical (unpaired) electrons.